The second kappa shape index (κ2) is 7.94. The molecule has 2 aromatic carbocycles. The molecule has 0 aromatic heterocycles. The summed E-state index contributed by atoms with van der Waals surface area (Å²) in [6, 6.07) is 11.7. The van der Waals surface area contributed by atoms with Crippen molar-refractivity contribution in [1.29, 1.82) is 0 Å². The molecule has 0 aliphatic heterocycles. The number of amides is 1. The van der Waals surface area contributed by atoms with Crippen LogP contribution in [0.4, 0.5) is 0 Å². The van der Waals surface area contributed by atoms with Gasteiger partial charge in [-0.25, -0.2) is 8.42 Å². The summed E-state index contributed by atoms with van der Waals surface area (Å²) in [6.07, 6.45) is 2.13. The van der Waals surface area contributed by atoms with E-state index in [4.69, 9.17) is 0 Å². The zero-order valence-corrected chi connectivity index (χ0v) is 13.6. The van der Waals surface area contributed by atoms with Crippen LogP contribution < -0.4 is 5.32 Å². The van der Waals surface area contributed by atoms with Crippen molar-refractivity contribution in [2.45, 2.75) is 31.9 Å². The van der Waals surface area contributed by atoms with Gasteiger partial charge in [0.25, 0.3) is 0 Å². The summed E-state index contributed by atoms with van der Waals surface area (Å²) in [6.45, 7) is 2.57. The van der Waals surface area contributed by atoms with Gasteiger partial charge in [0.15, 0.2) is 0 Å². The van der Waals surface area contributed by atoms with Crippen molar-refractivity contribution in [3.05, 3.63) is 47.5 Å². The first-order valence-corrected chi connectivity index (χ1v) is 8.85. The molecule has 118 valence electrons. The van der Waals surface area contributed by atoms with E-state index in [2.05, 4.69) is 5.32 Å². The molecule has 2 rings (SSSR count). The third-order valence-corrected chi connectivity index (χ3v) is 4.17. The highest BCUT2D eigenvalue weighted by atomic mass is 32.2. The van der Waals surface area contributed by atoms with Gasteiger partial charge in [0.1, 0.15) is 10.7 Å². The zero-order valence-electron chi connectivity index (χ0n) is 12.7. The fourth-order valence-corrected chi connectivity index (χ4v) is 3.00. The van der Waals surface area contributed by atoms with Crippen LogP contribution in [0.3, 0.4) is 0 Å². The Morgan fingerprint density at radius 2 is 2.00 bits per heavy atom. The van der Waals surface area contributed by atoms with Gasteiger partial charge in [-0.3, -0.25) is 4.79 Å². The number of fused-ring (bicyclic) bond motifs is 1. The van der Waals surface area contributed by atoms with Gasteiger partial charge in [-0.1, -0.05) is 37.3 Å². The third-order valence-electron chi connectivity index (χ3n) is 3.54. The van der Waals surface area contributed by atoms with Crippen LogP contribution in [0.1, 0.15) is 30.9 Å². The minimum absolute atomic E-state index is 0.0623. The molecule has 22 heavy (non-hydrogen) atoms. The maximum Gasteiger partial charge on any atom is 0.219 e. The molecule has 2 aromatic rings. The molecule has 0 aliphatic carbocycles. The lowest BCUT2D eigenvalue weighted by molar-refractivity contribution is -0.121. The molecule has 4 nitrogen and oxygen atoms in total. The molecule has 0 spiro atoms. The summed E-state index contributed by atoms with van der Waals surface area (Å²) in [4.78, 5) is 11.5. The second-order valence-electron chi connectivity index (χ2n) is 5.31. The van der Waals surface area contributed by atoms with Crippen molar-refractivity contribution in [3.63, 3.8) is 0 Å². The number of nitrogens with one attached hydrogen (secondary N) is 1. The fourth-order valence-electron chi connectivity index (χ4n) is 2.50. The topological polar surface area (TPSA) is 63.2 Å². The summed E-state index contributed by atoms with van der Waals surface area (Å²) in [5, 5.41) is 5.05. The van der Waals surface area contributed by atoms with E-state index in [1.807, 2.05) is 43.3 Å². The highest BCUT2D eigenvalue weighted by molar-refractivity contribution is 7.71. The van der Waals surface area contributed by atoms with Gasteiger partial charge in [0, 0.05) is 13.0 Å². The Balaban J connectivity index is 2.16. The van der Waals surface area contributed by atoms with E-state index in [1.54, 1.807) is 0 Å². The van der Waals surface area contributed by atoms with E-state index in [-0.39, 0.29) is 11.7 Å². The molecule has 5 heteroatoms. The Hall–Kier alpha value is -1.88. The van der Waals surface area contributed by atoms with Gasteiger partial charge < -0.3 is 5.32 Å². The van der Waals surface area contributed by atoms with Gasteiger partial charge in [-0.05, 0) is 40.8 Å². The first-order chi connectivity index (χ1) is 10.6. The van der Waals surface area contributed by atoms with E-state index in [0.29, 0.717) is 13.0 Å². The maximum absolute atomic E-state index is 11.5. The Morgan fingerprint density at radius 3 is 2.73 bits per heavy atom. The van der Waals surface area contributed by atoms with Crippen molar-refractivity contribution in [1.82, 2.24) is 5.32 Å². The summed E-state index contributed by atoms with van der Waals surface area (Å²) in [5.41, 5.74) is 1.92. The number of carbonyl (C=O) groups excluding carboxylic acids is 1. The van der Waals surface area contributed by atoms with Crippen LogP contribution in [0.5, 0.6) is 0 Å². The van der Waals surface area contributed by atoms with Crippen LogP contribution >= 0.6 is 0 Å². The van der Waals surface area contributed by atoms with Crippen molar-refractivity contribution >= 4 is 27.4 Å². The molecular weight excluding hydrogens is 298 g/mol. The van der Waals surface area contributed by atoms with E-state index in [0.717, 1.165) is 34.7 Å². The van der Waals surface area contributed by atoms with Crippen molar-refractivity contribution in [2.75, 3.05) is 6.54 Å². The van der Waals surface area contributed by atoms with E-state index >= 15 is 0 Å². The quantitative estimate of drug-likeness (QED) is 0.770. The van der Waals surface area contributed by atoms with Gasteiger partial charge in [-0.15, -0.1) is 0 Å². The Labute approximate surface area is 132 Å². The molecule has 0 fully saturated rings. The van der Waals surface area contributed by atoms with E-state index < -0.39 is 10.7 Å². The molecule has 0 atom stereocenters. The predicted molar refractivity (Wildman–Crippen MR) is 89.6 cm³/mol. The lowest BCUT2D eigenvalue weighted by Crippen LogP contribution is -2.25. The average molecular weight is 319 g/mol. The van der Waals surface area contributed by atoms with Crippen LogP contribution in [0.15, 0.2) is 36.4 Å². The standard InChI is InChI=1S/C17H21NO3S/c1-2-4-17(19)18-10-9-15-6-3-5-14-8-7-13(11-16(14)15)12-22(20)21/h3,5-8,11,22H,2,4,9-10,12H2,1H3,(H,18,19). The van der Waals surface area contributed by atoms with Crippen molar-refractivity contribution in [2.24, 2.45) is 0 Å². The Bertz CT molecular complexity index is 730. The van der Waals surface area contributed by atoms with Crippen LogP contribution in [0.2, 0.25) is 0 Å². The van der Waals surface area contributed by atoms with Crippen molar-refractivity contribution in [3.8, 4) is 0 Å². The number of hydrogen-bond acceptors (Lipinski definition) is 3. The Morgan fingerprint density at radius 1 is 1.18 bits per heavy atom. The van der Waals surface area contributed by atoms with E-state index in [1.165, 1.54) is 0 Å². The smallest absolute Gasteiger partial charge is 0.219 e. The molecule has 0 heterocycles. The number of rotatable bonds is 7. The largest absolute Gasteiger partial charge is 0.356 e. The molecule has 1 amide bonds. The Kier molecular flexibility index (Phi) is 5.95. The molecule has 0 aliphatic rings. The molecule has 0 unspecified atom stereocenters. The number of carbonyl (C=O) groups is 1. The number of hydrogen-bond donors (Lipinski definition) is 2. The van der Waals surface area contributed by atoms with Crippen LogP contribution in [0.25, 0.3) is 10.8 Å². The van der Waals surface area contributed by atoms with Gasteiger partial charge in [-0.2, -0.15) is 0 Å². The SMILES string of the molecule is CCCC(=O)NCCc1cccc2ccc(C[SH](=O)=O)cc12. The van der Waals surface area contributed by atoms with Crippen molar-refractivity contribution < 1.29 is 13.2 Å². The second-order valence-corrected chi connectivity index (χ2v) is 6.30. The van der Waals surface area contributed by atoms with Crippen LogP contribution in [0, 0.1) is 0 Å². The number of thiol groups is 1. The van der Waals surface area contributed by atoms with Gasteiger partial charge >= 0.3 is 0 Å². The fraction of sp³-hybridized carbons (Fsp3) is 0.353. The zero-order chi connectivity index (χ0) is 15.9. The summed E-state index contributed by atoms with van der Waals surface area (Å²) >= 11 is 0. The minimum atomic E-state index is -2.42. The van der Waals surface area contributed by atoms with Crippen LogP contribution in [-0.2, 0) is 27.7 Å². The first kappa shape index (κ1) is 16.5. The lowest BCUT2D eigenvalue weighted by atomic mass is 10.0. The predicted octanol–water partition coefficient (Wildman–Crippen LogP) is 2.41. The highest BCUT2D eigenvalue weighted by Gasteiger charge is 2.04. The summed E-state index contributed by atoms with van der Waals surface area (Å²) in [7, 11) is -2.42. The molecule has 0 bridgehead atoms. The maximum atomic E-state index is 11.5. The molecule has 0 saturated heterocycles. The first-order valence-electron chi connectivity index (χ1n) is 7.49. The monoisotopic (exact) mass is 319 g/mol. The summed E-state index contributed by atoms with van der Waals surface area (Å²) in [5.74, 6) is 0.138. The van der Waals surface area contributed by atoms with E-state index in [9.17, 15) is 13.2 Å². The highest BCUT2D eigenvalue weighted by Crippen LogP contribution is 2.21. The average Bonchev–Trinajstić information content (AvgIpc) is 2.47. The molecule has 1 N–H and O–H groups in total. The normalized spacial score (nSPS) is 11.0. The third kappa shape index (κ3) is 4.56. The lowest BCUT2D eigenvalue weighted by Gasteiger charge is -2.09. The number of benzene rings is 2. The summed E-state index contributed by atoms with van der Waals surface area (Å²) < 4.78 is 21.8. The molecular formula is C17H21NO3S. The molecule has 0 radical (unpaired) electrons. The van der Waals surface area contributed by atoms with Crippen LogP contribution in [-0.4, -0.2) is 20.9 Å². The van der Waals surface area contributed by atoms with Gasteiger partial charge in [0.05, 0.1) is 5.75 Å². The van der Waals surface area contributed by atoms with Gasteiger partial charge in [0.2, 0.25) is 5.91 Å². The minimum Gasteiger partial charge on any atom is -0.356 e. The molecule has 0 saturated carbocycles.